The average Bonchev–Trinajstić information content (AvgIpc) is 2.70. The van der Waals surface area contributed by atoms with Crippen molar-refractivity contribution >= 4 is 34.7 Å². The summed E-state index contributed by atoms with van der Waals surface area (Å²) in [4.78, 5) is 12.3. The number of rotatable bonds is 6. The molecule has 0 aliphatic rings. The minimum atomic E-state index is -0.533. The fraction of sp³-hybridized carbons (Fsp3) is 0.105. The first-order valence-corrected chi connectivity index (χ1v) is 8.46. The van der Waals surface area contributed by atoms with Crippen LogP contribution in [0.3, 0.4) is 0 Å². The second-order valence-electron chi connectivity index (χ2n) is 5.23. The van der Waals surface area contributed by atoms with Crippen LogP contribution in [0.25, 0.3) is 5.76 Å². The van der Waals surface area contributed by atoms with Crippen LogP contribution in [0.5, 0.6) is 5.75 Å². The van der Waals surface area contributed by atoms with E-state index in [9.17, 15) is 9.18 Å². The van der Waals surface area contributed by atoms with Gasteiger partial charge in [0.25, 0.3) is 5.91 Å². The SMILES string of the molecule is COc1ccc(F)cc1C(=O)NCc1ccc(C(OI)=C(C#N)C#N)cc1. The molecule has 0 unspecified atom stereocenters. The number of benzene rings is 2. The van der Waals surface area contributed by atoms with Crippen molar-refractivity contribution in [2.75, 3.05) is 7.11 Å². The zero-order valence-corrected chi connectivity index (χ0v) is 16.3. The lowest BCUT2D eigenvalue weighted by Gasteiger charge is -2.10. The maximum Gasteiger partial charge on any atom is 0.255 e. The lowest BCUT2D eigenvalue weighted by molar-refractivity contribution is 0.0947. The lowest BCUT2D eigenvalue weighted by Crippen LogP contribution is -2.23. The van der Waals surface area contributed by atoms with Crippen molar-refractivity contribution in [3.63, 3.8) is 0 Å². The number of halogens is 2. The van der Waals surface area contributed by atoms with Crippen LogP contribution in [-0.2, 0) is 9.61 Å². The Morgan fingerprint density at radius 3 is 2.41 bits per heavy atom. The second kappa shape index (κ2) is 9.55. The van der Waals surface area contributed by atoms with Gasteiger partial charge in [-0.1, -0.05) is 24.3 Å². The molecule has 6 nitrogen and oxygen atoms in total. The molecule has 1 amide bonds. The van der Waals surface area contributed by atoms with Crippen LogP contribution in [0.15, 0.2) is 48.0 Å². The molecule has 136 valence electrons. The molecule has 0 heterocycles. The Kier molecular flexibility index (Phi) is 7.15. The third-order valence-corrected chi connectivity index (χ3v) is 4.04. The van der Waals surface area contributed by atoms with Crippen molar-refractivity contribution in [2.24, 2.45) is 0 Å². The Morgan fingerprint density at radius 1 is 1.19 bits per heavy atom. The largest absolute Gasteiger partial charge is 0.496 e. The predicted molar refractivity (Wildman–Crippen MR) is 104 cm³/mol. The predicted octanol–water partition coefficient (Wildman–Crippen LogP) is 3.89. The van der Waals surface area contributed by atoms with E-state index in [0.29, 0.717) is 5.56 Å². The summed E-state index contributed by atoms with van der Waals surface area (Å²) in [5.74, 6) is -0.559. The Labute approximate surface area is 169 Å². The standard InChI is InChI=1S/C19H13FIN3O3/c1-26-17-7-6-15(20)8-16(17)19(25)24-11-12-2-4-13(5-3-12)18(27-21)14(9-22)10-23/h2-8H,11H2,1H3,(H,24,25). The van der Waals surface area contributed by atoms with E-state index >= 15 is 0 Å². The summed E-state index contributed by atoms with van der Waals surface area (Å²) in [5, 5.41) is 20.6. The third kappa shape index (κ3) is 4.96. The molecule has 0 bridgehead atoms. The molecule has 2 aromatic rings. The first-order valence-electron chi connectivity index (χ1n) is 7.58. The van der Waals surface area contributed by atoms with Gasteiger partial charge in [0, 0.05) is 12.1 Å². The average molecular weight is 477 g/mol. The maximum absolute atomic E-state index is 13.4. The van der Waals surface area contributed by atoms with Gasteiger partial charge in [-0.25, -0.2) is 4.39 Å². The minimum absolute atomic E-state index is 0.102. The fourth-order valence-corrected chi connectivity index (χ4v) is 2.74. The summed E-state index contributed by atoms with van der Waals surface area (Å²) < 4.78 is 23.6. The normalized spacial score (nSPS) is 9.52. The van der Waals surface area contributed by atoms with Crippen LogP contribution in [0.4, 0.5) is 4.39 Å². The zero-order valence-electron chi connectivity index (χ0n) is 14.1. The van der Waals surface area contributed by atoms with Gasteiger partial charge in [0.2, 0.25) is 0 Å². The summed E-state index contributed by atoms with van der Waals surface area (Å²) in [7, 11) is 1.40. The van der Waals surface area contributed by atoms with E-state index in [0.717, 1.165) is 11.6 Å². The number of carbonyl (C=O) groups excluding carboxylic acids is 1. The number of carbonyl (C=O) groups is 1. The number of hydrogen-bond acceptors (Lipinski definition) is 5. The van der Waals surface area contributed by atoms with Gasteiger partial charge in [0.15, 0.2) is 34.3 Å². The highest BCUT2D eigenvalue weighted by molar-refractivity contribution is 14.1. The molecule has 0 spiro atoms. The van der Waals surface area contributed by atoms with Gasteiger partial charge in [0.05, 0.1) is 12.7 Å². The molecule has 0 aliphatic heterocycles. The number of hydrogen-bond donors (Lipinski definition) is 1. The van der Waals surface area contributed by atoms with E-state index in [1.54, 1.807) is 59.4 Å². The van der Waals surface area contributed by atoms with Gasteiger partial charge in [-0.3, -0.25) is 4.79 Å². The highest BCUT2D eigenvalue weighted by Gasteiger charge is 2.14. The monoisotopic (exact) mass is 477 g/mol. The smallest absolute Gasteiger partial charge is 0.255 e. The molecule has 0 aliphatic carbocycles. The molecule has 0 radical (unpaired) electrons. The van der Waals surface area contributed by atoms with Crippen molar-refractivity contribution in [3.8, 4) is 17.9 Å². The third-order valence-electron chi connectivity index (χ3n) is 3.60. The van der Waals surface area contributed by atoms with Crippen LogP contribution in [0.2, 0.25) is 0 Å². The van der Waals surface area contributed by atoms with E-state index in [1.165, 1.54) is 19.2 Å². The van der Waals surface area contributed by atoms with Crippen LogP contribution >= 0.6 is 23.0 Å². The van der Waals surface area contributed by atoms with Crippen molar-refractivity contribution in [1.29, 1.82) is 10.5 Å². The molecule has 2 aromatic carbocycles. The van der Waals surface area contributed by atoms with E-state index in [2.05, 4.69) is 5.32 Å². The van der Waals surface area contributed by atoms with Gasteiger partial charge >= 0.3 is 0 Å². The molecule has 0 fully saturated rings. The zero-order chi connectivity index (χ0) is 19.8. The number of amides is 1. The summed E-state index contributed by atoms with van der Waals surface area (Å²) in [6.07, 6.45) is 0. The molecule has 8 heteroatoms. The molecule has 0 saturated heterocycles. The fourth-order valence-electron chi connectivity index (χ4n) is 2.26. The number of nitrogens with zero attached hydrogens (tertiary/aromatic N) is 2. The second-order valence-corrected chi connectivity index (χ2v) is 5.67. The maximum atomic E-state index is 13.4. The highest BCUT2D eigenvalue weighted by Crippen LogP contribution is 2.23. The van der Waals surface area contributed by atoms with Crippen molar-refractivity contribution in [1.82, 2.24) is 5.32 Å². The number of ether oxygens (including phenoxy) is 1. The van der Waals surface area contributed by atoms with Crippen molar-refractivity contribution in [3.05, 3.63) is 70.5 Å². The number of allylic oxidation sites excluding steroid dienone is 1. The Hall–Kier alpha value is -3.11. The van der Waals surface area contributed by atoms with Gasteiger partial charge in [-0.15, -0.1) is 0 Å². The Morgan fingerprint density at radius 2 is 1.85 bits per heavy atom. The summed E-state index contributed by atoms with van der Waals surface area (Å²) >= 11 is 1.60. The van der Waals surface area contributed by atoms with E-state index in [4.69, 9.17) is 18.3 Å². The van der Waals surface area contributed by atoms with E-state index in [-0.39, 0.29) is 29.2 Å². The molecular weight excluding hydrogens is 464 g/mol. The first-order chi connectivity index (χ1) is 13.0. The van der Waals surface area contributed by atoms with Crippen LogP contribution < -0.4 is 10.1 Å². The number of methoxy groups -OCH3 is 1. The molecule has 27 heavy (non-hydrogen) atoms. The lowest BCUT2D eigenvalue weighted by atomic mass is 10.1. The molecule has 2 rings (SSSR count). The van der Waals surface area contributed by atoms with Crippen molar-refractivity contribution < 1.29 is 17.0 Å². The quantitative estimate of drug-likeness (QED) is 0.387. The Balaban J connectivity index is 2.13. The first kappa shape index (κ1) is 20.2. The van der Waals surface area contributed by atoms with Crippen molar-refractivity contribution in [2.45, 2.75) is 6.54 Å². The van der Waals surface area contributed by atoms with Crippen LogP contribution in [0, 0.1) is 28.5 Å². The van der Waals surface area contributed by atoms with Crippen LogP contribution in [0.1, 0.15) is 21.5 Å². The molecule has 0 saturated carbocycles. The van der Waals surface area contributed by atoms with Gasteiger partial charge in [0.1, 0.15) is 23.7 Å². The summed E-state index contributed by atoms with van der Waals surface area (Å²) in [6.45, 7) is 0.201. The minimum Gasteiger partial charge on any atom is -0.496 e. The van der Waals surface area contributed by atoms with Gasteiger partial charge in [-0.05, 0) is 23.8 Å². The van der Waals surface area contributed by atoms with Gasteiger partial charge in [-0.2, -0.15) is 10.5 Å². The molecular formula is C19H13FIN3O3. The summed E-state index contributed by atoms with van der Waals surface area (Å²) in [5.41, 5.74) is 1.30. The number of nitriles is 2. The molecule has 0 atom stereocenters. The van der Waals surface area contributed by atoms with Gasteiger partial charge < -0.3 is 13.1 Å². The number of nitrogens with one attached hydrogen (secondary N) is 1. The van der Waals surface area contributed by atoms with E-state index < -0.39 is 11.7 Å². The van der Waals surface area contributed by atoms with Crippen LogP contribution in [-0.4, -0.2) is 13.0 Å². The van der Waals surface area contributed by atoms with E-state index in [1.807, 2.05) is 0 Å². The summed E-state index contributed by atoms with van der Waals surface area (Å²) in [6, 6.07) is 14.1. The highest BCUT2D eigenvalue weighted by atomic mass is 127. The Bertz CT molecular complexity index is 944. The molecule has 1 N–H and O–H groups in total. The molecule has 0 aromatic heterocycles. The topological polar surface area (TPSA) is 95.1 Å².